The summed E-state index contributed by atoms with van der Waals surface area (Å²) in [5, 5.41) is 0.00353. The normalized spacial score (nSPS) is 16.7. The van der Waals surface area contributed by atoms with E-state index < -0.39 is 10.0 Å². The molecule has 1 heterocycles. The number of carbonyl (C=O) groups is 1. The van der Waals surface area contributed by atoms with Gasteiger partial charge in [0.2, 0.25) is 10.0 Å². The SMILES string of the molecule is CCCCCc1ccc(S(=O)(=O)N(CCN2CCOCC2)[C@@H](C)CSC(C)=O)cc1. The Labute approximate surface area is 186 Å². The third-order valence-corrected chi connectivity index (χ3v) is 8.44. The molecule has 0 amide bonds. The first-order chi connectivity index (χ1) is 14.3. The maximum Gasteiger partial charge on any atom is 0.243 e. The number of morpholine rings is 1. The zero-order chi connectivity index (χ0) is 22.0. The molecule has 0 N–H and O–H groups in total. The Kier molecular flexibility index (Phi) is 10.8. The summed E-state index contributed by atoms with van der Waals surface area (Å²) in [5.41, 5.74) is 1.17. The summed E-state index contributed by atoms with van der Waals surface area (Å²) in [6.45, 7) is 9.63. The number of hydrogen-bond donors (Lipinski definition) is 0. The number of thioether (sulfide) groups is 1. The van der Waals surface area contributed by atoms with Crippen LogP contribution < -0.4 is 0 Å². The highest BCUT2D eigenvalue weighted by Gasteiger charge is 2.30. The second kappa shape index (κ2) is 12.8. The van der Waals surface area contributed by atoms with Crippen LogP contribution in [0.2, 0.25) is 0 Å². The van der Waals surface area contributed by atoms with Gasteiger partial charge in [-0.3, -0.25) is 9.69 Å². The smallest absolute Gasteiger partial charge is 0.243 e. The van der Waals surface area contributed by atoms with Gasteiger partial charge in [0.1, 0.15) is 0 Å². The molecule has 1 aromatic carbocycles. The van der Waals surface area contributed by atoms with Crippen LogP contribution in [0, 0.1) is 0 Å². The molecule has 1 saturated heterocycles. The number of benzene rings is 1. The number of rotatable bonds is 12. The van der Waals surface area contributed by atoms with Crippen molar-refractivity contribution in [3.8, 4) is 0 Å². The van der Waals surface area contributed by atoms with E-state index in [1.165, 1.54) is 37.1 Å². The highest BCUT2D eigenvalue weighted by Crippen LogP contribution is 2.22. The summed E-state index contributed by atoms with van der Waals surface area (Å²) in [5.74, 6) is 0.451. The lowest BCUT2D eigenvalue weighted by Crippen LogP contribution is -2.46. The highest BCUT2D eigenvalue weighted by atomic mass is 32.2. The molecule has 2 rings (SSSR count). The Morgan fingerprint density at radius 2 is 1.87 bits per heavy atom. The fourth-order valence-corrected chi connectivity index (χ4v) is 5.88. The Morgan fingerprint density at radius 1 is 1.20 bits per heavy atom. The number of unbranched alkanes of at least 4 members (excludes halogenated alkanes) is 2. The fourth-order valence-electron chi connectivity index (χ4n) is 3.51. The lowest BCUT2D eigenvalue weighted by atomic mass is 10.1. The van der Waals surface area contributed by atoms with Gasteiger partial charge < -0.3 is 4.74 Å². The first-order valence-corrected chi connectivity index (χ1v) is 13.3. The molecule has 1 fully saturated rings. The van der Waals surface area contributed by atoms with Crippen LogP contribution in [-0.2, 0) is 26.0 Å². The molecule has 170 valence electrons. The number of nitrogens with zero attached hydrogens (tertiary/aromatic N) is 2. The van der Waals surface area contributed by atoms with Crippen molar-refractivity contribution in [2.24, 2.45) is 0 Å². The van der Waals surface area contributed by atoms with Gasteiger partial charge in [0, 0.05) is 44.9 Å². The molecule has 1 atom stereocenters. The Hall–Kier alpha value is -0.930. The van der Waals surface area contributed by atoms with Crippen molar-refractivity contribution in [2.75, 3.05) is 45.1 Å². The standard InChI is InChI=1S/C22H36N2O4S2/c1-4-5-6-7-21-8-10-22(11-9-21)30(26,27)24(19(2)18-29-20(3)25)13-12-23-14-16-28-17-15-23/h8-11,19H,4-7,12-18H2,1-3H3/t19-/m0/s1. The summed E-state index contributed by atoms with van der Waals surface area (Å²) in [6.07, 6.45) is 4.44. The topological polar surface area (TPSA) is 66.9 Å². The van der Waals surface area contributed by atoms with Crippen LogP contribution >= 0.6 is 11.8 Å². The van der Waals surface area contributed by atoms with E-state index in [4.69, 9.17) is 4.74 Å². The number of carbonyl (C=O) groups excluding carboxylic acids is 1. The minimum Gasteiger partial charge on any atom is -0.379 e. The van der Waals surface area contributed by atoms with Crippen LogP contribution in [0.4, 0.5) is 0 Å². The molecule has 0 radical (unpaired) electrons. The molecule has 1 aromatic rings. The van der Waals surface area contributed by atoms with E-state index in [2.05, 4.69) is 11.8 Å². The molecule has 8 heteroatoms. The Morgan fingerprint density at radius 3 is 2.47 bits per heavy atom. The average molecular weight is 457 g/mol. The van der Waals surface area contributed by atoms with E-state index in [-0.39, 0.29) is 11.2 Å². The summed E-state index contributed by atoms with van der Waals surface area (Å²) in [4.78, 5) is 14.0. The number of ether oxygens (including phenoxy) is 1. The largest absolute Gasteiger partial charge is 0.379 e. The maximum absolute atomic E-state index is 13.5. The van der Waals surface area contributed by atoms with E-state index in [0.29, 0.717) is 37.0 Å². The van der Waals surface area contributed by atoms with Crippen LogP contribution in [0.25, 0.3) is 0 Å². The van der Waals surface area contributed by atoms with Crippen molar-refractivity contribution in [2.45, 2.75) is 57.4 Å². The zero-order valence-corrected chi connectivity index (χ0v) is 20.1. The van der Waals surface area contributed by atoms with Crippen molar-refractivity contribution in [1.82, 2.24) is 9.21 Å². The number of aryl methyl sites for hydroxylation is 1. The molecule has 0 aromatic heterocycles. The van der Waals surface area contributed by atoms with E-state index in [9.17, 15) is 13.2 Å². The molecular weight excluding hydrogens is 420 g/mol. The van der Waals surface area contributed by atoms with E-state index >= 15 is 0 Å². The van der Waals surface area contributed by atoms with Crippen LogP contribution in [0.3, 0.4) is 0 Å². The summed E-state index contributed by atoms with van der Waals surface area (Å²) >= 11 is 1.18. The Balaban J connectivity index is 2.13. The van der Waals surface area contributed by atoms with Crippen molar-refractivity contribution in [1.29, 1.82) is 0 Å². The van der Waals surface area contributed by atoms with E-state index in [1.807, 2.05) is 19.1 Å². The first-order valence-electron chi connectivity index (χ1n) is 10.9. The number of sulfonamides is 1. The maximum atomic E-state index is 13.5. The van der Waals surface area contributed by atoms with Gasteiger partial charge in [-0.1, -0.05) is 43.7 Å². The second-order valence-corrected chi connectivity index (χ2v) is 10.9. The van der Waals surface area contributed by atoms with E-state index in [1.54, 1.807) is 16.4 Å². The van der Waals surface area contributed by atoms with Gasteiger partial charge in [-0.15, -0.1) is 0 Å². The average Bonchev–Trinajstić information content (AvgIpc) is 2.73. The summed E-state index contributed by atoms with van der Waals surface area (Å²) in [6, 6.07) is 7.04. The lowest BCUT2D eigenvalue weighted by Gasteiger charge is -2.32. The molecular formula is C22H36N2O4S2. The van der Waals surface area contributed by atoms with Crippen LogP contribution in [0.1, 0.15) is 45.6 Å². The number of hydrogen-bond acceptors (Lipinski definition) is 6. The molecule has 0 saturated carbocycles. The monoisotopic (exact) mass is 456 g/mol. The molecule has 6 nitrogen and oxygen atoms in total. The van der Waals surface area contributed by atoms with Gasteiger partial charge in [-0.25, -0.2) is 8.42 Å². The molecule has 0 aliphatic carbocycles. The van der Waals surface area contributed by atoms with Gasteiger partial charge in [-0.2, -0.15) is 4.31 Å². The second-order valence-electron chi connectivity index (χ2n) is 7.82. The van der Waals surface area contributed by atoms with Crippen LogP contribution in [0.15, 0.2) is 29.2 Å². The minimum atomic E-state index is -3.64. The summed E-state index contributed by atoms with van der Waals surface area (Å²) < 4.78 is 33.9. The van der Waals surface area contributed by atoms with Gasteiger partial charge in [-0.05, 0) is 37.5 Å². The van der Waals surface area contributed by atoms with Gasteiger partial charge >= 0.3 is 0 Å². The minimum absolute atomic E-state index is 0.00353. The predicted molar refractivity (Wildman–Crippen MR) is 123 cm³/mol. The third kappa shape index (κ3) is 7.96. The zero-order valence-electron chi connectivity index (χ0n) is 18.5. The quantitative estimate of drug-likeness (QED) is 0.449. The van der Waals surface area contributed by atoms with Gasteiger partial charge in [0.25, 0.3) is 0 Å². The molecule has 1 aliphatic heterocycles. The van der Waals surface area contributed by atoms with Crippen LogP contribution in [0.5, 0.6) is 0 Å². The van der Waals surface area contributed by atoms with Crippen LogP contribution in [-0.4, -0.2) is 73.9 Å². The fraction of sp³-hybridized carbons (Fsp3) is 0.682. The molecule has 0 spiro atoms. The van der Waals surface area contributed by atoms with Crippen molar-refractivity contribution in [3.63, 3.8) is 0 Å². The van der Waals surface area contributed by atoms with Gasteiger partial charge in [0.05, 0.1) is 18.1 Å². The van der Waals surface area contributed by atoms with Crippen molar-refractivity contribution < 1.29 is 17.9 Å². The predicted octanol–water partition coefficient (Wildman–Crippen LogP) is 3.41. The molecule has 1 aliphatic rings. The lowest BCUT2D eigenvalue weighted by molar-refractivity contribution is -0.109. The van der Waals surface area contributed by atoms with Crippen molar-refractivity contribution in [3.05, 3.63) is 29.8 Å². The van der Waals surface area contributed by atoms with Gasteiger partial charge in [0.15, 0.2) is 5.12 Å². The Bertz CT molecular complexity index is 747. The third-order valence-electron chi connectivity index (χ3n) is 5.36. The van der Waals surface area contributed by atoms with Crippen molar-refractivity contribution >= 4 is 26.9 Å². The molecule has 30 heavy (non-hydrogen) atoms. The molecule has 0 bridgehead atoms. The first kappa shape index (κ1) is 25.3. The highest BCUT2D eigenvalue weighted by molar-refractivity contribution is 8.13. The summed E-state index contributed by atoms with van der Waals surface area (Å²) in [7, 11) is -3.64. The molecule has 0 unspecified atom stereocenters. The van der Waals surface area contributed by atoms with E-state index in [0.717, 1.165) is 25.9 Å².